The number of carbonyl (C=O) groups is 1. The highest BCUT2D eigenvalue weighted by Gasteiger charge is 2.10. The maximum atomic E-state index is 11.3. The van der Waals surface area contributed by atoms with Crippen molar-refractivity contribution in [3.8, 4) is 0 Å². The summed E-state index contributed by atoms with van der Waals surface area (Å²) in [6.45, 7) is 2.53. The lowest BCUT2D eigenvalue weighted by molar-refractivity contribution is -0.122. The standard InChI is InChI=1S/C7H17N5O2/c1-5(11-7(8)12-9)6(13)10-3-4-14-2/h5H,3-4,9H2,1-2H3,(H,10,13)(H3,8,11,12). The van der Waals surface area contributed by atoms with E-state index >= 15 is 0 Å². The van der Waals surface area contributed by atoms with Gasteiger partial charge in [-0.1, -0.05) is 0 Å². The largest absolute Gasteiger partial charge is 0.383 e. The molecule has 0 rings (SSSR count). The van der Waals surface area contributed by atoms with Crippen molar-refractivity contribution in [1.82, 2.24) is 10.7 Å². The molecule has 0 aromatic carbocycles. The first-order valence-electron chi connectivity index (χ1n) is 4.18. The molecule has 7 heteroatoms. The van der Waals surface area contributed by atoms with Gasteiger partial charge in [-0.2, -0.15) is 0 Å². The molecule has 0 saturated heterocycles. The van der Waals surface area contributed by atoms with Crippen molar-refractivity contribution in [3.05, 3.63) is 0 Å². The van der Waals surface area contributed by atoms with Crippen LogP contribution in [0.25, 0.3) is 0 Å². The molecule has 0 aromatic rings. The van der Waals surface area contributed by atoms with Crippen molar-refractivity contribution in [2.45, 2.75) is 13.0 Å². The molecule has 0 aliphatic carbocycles. The highest BCUT2D eigenvalue weighted by molar-refractivity contribution is 5.86. The second-order valence-electron chi connectivity index (χ2n) is 2.62. The van der Waals surface area contributed by atoms with E-state index in [2.05, 4.69) is 15.7 Å². The number of nitrogens with one attached hydrogen (secondary N) is 2. The molecule has 1 unspecified atom stereocenters. The van der Waals surface area contributed by atoms with Gasteiger partial charge in [-0.3, -0.25) is 10.2 Å². The van der Waals surface area contributed by atoms with Crippen molar-refractivity contribution >= 4 is 11.9 Å². The third-order valence-corrected chi connectivity index (χ3v) is 1.47. The Morgan fingerprint density at radius 3 is 2.79 bits per heavy atom. The lowest BCUT2D eigenvalue weighted by Crippen LogP contribution is -2.41. The van der Waals surface area contributed by atoms with Gasteiger partial charge >= 0.3 is 0 Å². The van der Waals surface area contributed by atoms with Crippen LogP contribution in [0.15, 0.2) is 4.99 Å². The lowest BCUT2D eigenvalue weighted by Gasteiger charge is -2.08. The molecular weight excluding hydrogens is 186 g/mol. The van der Waals surface area contributed by atoms with Crippen LogP contribution < -0.4 is 22.3 Å². The van der Waals surface area contributed by atoms with Gasteiger partial charge in [0.25, 0.3) is 0 Å². The van der Waals surface area contributed by atoms with Crippen LogP contribution in [-0.2, 0) is 9.53 Å². The number of amides is 1. The Bertz CT molecular complexity index is 206. The molecular formula is C7H17N5O2. The molecule has 0 spiro atoms. The van der Waals surface area contributed by atoms with E-state index in [1.54, 1.807) is 14.0 Å². The van der Waals surface area contributed by atoms with Crippen molar-refractivity contribution in [3.63, 3.8) is 0 Å². The predicted molar refractivity (Wildman–Crippen MR) is 53.3 cm³/mol. The SMILES string of the molecule is COCCNC(=O)C(C)N=C(N)NN. The summed E-state index contributed by atoms with van der Waals surface area (Å²) in [5, 5.41) is 2.62. The summed E-state index contributed by atoms with van der Waals surface area (Å²) in [5.74, 6) is 4.79. The summed E-state index contributed by atoms with van der Waals surface area (Å²) in [5.41, 5.74) is 7.42. The first-order valence-corrected chi connectivity index (χ1v) is 4.18. The molecule has 0 aromatic heterocycles. The maximum Gasteiger partial charge on any atom is 0.244 e. The van der Waals surface area contributed by atoms with E-state index < -0.39 is 6.04 Å². The Balaban J connectivity index is 3.87. The average Bonchev–Trinajstić information content (AvgIpc) is 2.17. The minimum Gasteiger partial charge on any atom is -0.383 e. The van der Waals surface area contributed by atoms with Gasteiger partial charge in [0.2, 0.25) is 11.9 Å². The highest BCUT2D eigenvalue weighted by Crippen LogP contribution is 1.88. The van der Waals surface area contributed by atoms with Gasteiger partial charge in [0.05, 0.1) is 6.61 Å². The minimum atomic E-state index is -0.567. The smallest absolute Gasteiger partial charge is 0.244 e. The molecule has 0 radical (unpaired) electrons. The van der Waals surface area contributed by atoms with Gasteiger partial charge in [-0.05, 0) is 6.92 Å². The molecule has 6 N–H and O–H groups in total. The zero-order valence-corrected chi connectivity index (χ0v) is 8.41. The van der Waals surface area contributed by atoms with Gasteiger partial charge in [0.1, 0.15) is 6.04 Å². The summed E-state index contributed by atoms with van der Waals surface area (Å²) in [6, 6.07) is -0.567. The van der Waals surface area contributed by atoms with E-state index in [9.17, 15) is 4.79 Å². The van der Waals surface area contributed by atoms with E-state index in [0.29, 0.717) is 13.2 Å². The monoisotopic (exact) mass is 203 g/mol. The van der Waals surface area contributed by atoms with Crippen LogP contribution in [0.4, 0.5) is 0 Å². The van der Waals surface area contributed by atoms with Crippen LogP contribution in [0, 0.1) is 0 Å². The van der Waals surface area contributed by atoms with Gasteiger partial charge in [-0.25, -0.2) is 10.8 Å². The van der Waals surface area contributed by atoms with Crippen LogP contribution in [0.2, 0.25) is 0 Å². The number of carbonyl (C=O) groups excluding carboxylic acids is 1. The molecule has 1 amide bonds. The second kappa shape index (κ2) is 7.10. The number of hydrazine groups is 1. The number of nitrogens with zero attached hydrogens (tertiary/aromatic N) is 1. The molecule has 0 bridgehead atoms. The van der Waals surface area contributed by atoms with Crippen LogP contribution in [0.1, 0.15) is 6.92 Å². The fourth-order valence-electron chi connectivity index (χ4n) is 0.729. The second-order valence-corrected chi connectivity index (χ2v) is 2.62. The van der Waals surface area contributed by atoms with Crippen LogP contribution >= 0.6 is 0 Å². The third-order valence-electron chi connectivity index (χ3n) is 1.47. The molecule has 0 heterocycles. The molecule has 82 valence electrons. The summed E-state index contributed by atoms with van der Waals surface area (Å²) >= 11 is 0. The maximum absolute atomic E-state index is 11.3. The van der Waals surface area contributed by atoms with Crippen molar-refractivity contribution in [2.75, 3.05) is 20.3 Å². The summed E-state index contributed by atoms with van der Waals surface area (Å²) in [7, 11) is 1.56. The number of guanidine groups is 1. The molecule has 0 saturated carbocycles. The quantitative estimate of drug-likeness (QED) is 0.134. The predicted octanol–water partition coefficient (Wildman–Crippen LogP) is -2.08. The Labute approximate surface area is 82.8 Å². The first kappa shape index (κ1) is 12.7. The third kappa shape index (κ3) is 5.33. The molecule has 7 nitrogen and oxygen atoms in total. The average molecular weight is 203 g/mol. The fourth-order valence-corrected chi connectivity index (χ4v) is 0.729. The first-order chi connectivity index (χ1) is 6.61. The lowest BCUT2D eigenvalue weighted by atomic mass is 10.3. The van der Waals surface area contributed by atoms with Gasteiger partial charge < -0.3 is 15.8 Å². The number of aliphatic imine (C=N–C) groups is 1. The zero-order chi connectivity index (χ0) is 11.0. The molecule has 0 aliphatic rings. The number of methoxy groups -OCH3 is 1. The highest BCUT2D eigenvalue weighted by atomic mass is 16.5. The zero-order valence-electron chi connectivity index (χ0n) is 8.41. The fraction of sp³-hybridized carbons (Fsp3) is 0.714. The molecule has 1 atom stereocenters. The number of ether oxygens (including phenoxy) is 1. The van der Waals surface area contributed by atoms with Crippen molar-refractivity contribution in [2.24, 2.45) is 16.6 Å². The molecule has 0 fully saturated rings. The minimum absolute atomic E-state index is 0.0272. The topological polar surface area (TPSA) is 115 Å². The Hall–Kier alpha value is -1.34. The van der Waals surface area contributed by atoms with Crippen LogP contribution in [0.5, 0.6) is 0 Å². The van der Waals surface area contributed by atoms with Crippen molar-refractivity contribution in [1.29, 1.82) is 0 Å². The normalized spacial score (nSPS) is 13.5. The van der Waals surface area contributed by atoms with Crippen LogP contribution in [-0.4, -0.2) is 38.2 Å². The number of hydrogen-bond donors (Lipinski definition) is 4. The number of hydrogen-bond acceptors (Lipinski definition) is 4. The summed E-state index contributed by atoms with van der Waals surface area (Å²) in [6.07, 6.45) is 0. The van der Waals surface area contributed by atoms with E-state index in [0.717, 1.165) is 0 Å². The van der Waals surface area contributed by atoms with Gasteiger partial charge in [0, 0.05) is 13.7 Å². The van der Waals surface area contributed by atoms with Gasteiger partial charge in [0.15, 0.2) is 0 Å². The van der Waals surface area contributed by atoms with E-state index in [1.807, 2.05) is 0 Å². The number of rotatable bonds is 5. The van der Waals surface area contributed by atoms with Crippen molar-refractivity contribution < 1.29 is 9.53 Å². The molecule has 14 heavy (non-hydrogen) atoms. The summed E-state index contributed by atoms with van der Waals surface area (Å²) < 4.78 is 4.77. The van der Waals surface area contributed by atoms with E-state index in [1.165, 1.54) is 0 Å². The Kier molecular flexibility index (Phi) is 6.42. The number of nitrogens with two attached hydrogens (primary N) is 2. The van der Waals surface area contributed by atoms with Crippen LogP contribution in [0.3, 0.4) is 0 Å². The van der Waals surface area contributed by atoms with E-state index in [-0.39, 0.29) is 11.9 Å². The summed E-state index contributed by atoms with van der Waals surface area (Å²) in [4.78, 5) is 15.1. The molecule has 0 aliphatic heterocycles. The Morgan fingerprint density at radius 1 is 1.64 bits per heavy atom. The Morgan fingerprint density at radius 2 is 2.29 bits per heavy atom. The van der Waals surface area contributed by atoms with E-state index in [4.69, 9.17) is 16.3 Å². The van der Waals surface area contributed by atoms with Gasteiger partial charge in [-0.15, -0.1) is 0 Å².